The molecule has 1 aliphatic heterocycles. The maximum Gasteiger partial charge on any atom is 0.272 e. The normalized spacial score (nSPS) is 20.7. The van der Waals surface area contributed by atoms with Crippen LogP contribution in [0.2, 0.25) is 0 Å². The van der Waals surface area contributed by atoms with Crippen LogP contribution in [-0.4, -0.2) is 27.4 Å². The third-order valence-electron chi connectivity index (χ3n) is 3.84. The number of aromatic nitrogens is 3. The van der Waals surface area contributed by atoms with E-state index in [0.29, 0.717) is 24.4 Å². The summed E-state index contributed by atoms with van der Waals surface area (Å²) in [4.78, 5) is 12.3. The number of hydrogen-bond acceptors (Lipinski definition) is 5. The van der Waals surface area contributed by atoms with E-state index in [4.69, 9.17) is 9.26 Å². The fourth-order valence-corrected chi connectivity index (χ4v) is 2.72. The second kappa shape index (κ2) is 5.92. The molecule has 0 aliphatic carbocycles. The molecule has 7 nitrogen and oxygen atoms in total. The van der Waals surface area contributed by atoms with Crippen molar-refractivity contribution in [3.63, 3.8) is 0 Å². The van der Waals surface area contributed by atoms with Gasteiger partial charge >= 0.3 is 0 Å². The first-order chi connectivity index (χ1) is 10.6. The first kappa shape index (κ1) is 14.8. The van der Waals surface area contributed by atoms with E-state index in [0.717, 1.165) is 23.4 Å². The van der Waals surface area contributed by atoms with Crippen LogP contribution in [-0.2, 0) is 24.1 Å². The van der Waals surface area contributed by atoms with E-state index in [1.165, 1.54) is 0 Å². The topological polar surface area (TPSA) is 93.0 Å². The van der Waals surface area contributed by atoms with Gasteiger partial charge in [-0.3, -0.25) is 9.89 Å². The predicted molar refractivity (Wildman–Crippen MR) is 78.3 cm³/mol. The number of fused-ring (bicyclic) bond motifs is 1. The van der Waals surface area contributed by atoms with Crippen molar-refractivity contribution < 1.29 is 14.1 Å². The average Bonchev–Trinajstić information content (AvgIpc) is 3.11. The summed E-state index contributed by atoms with van der Waals surface area (Å²) in [6.45, 7) is 6.25. The van der Waals surface area contributed by atoms with Crippen molar-refractivity contribution in [1.82, 2.24) is 20.7 Å². The molecule has 0 fully saturated rings. The molecule has 1 aliphatic rings. The second-order valence-corrected chi connectivity index (χ2v) is 5.58. The largest absolute Gasteiger partial charge is 0.369 e. The quantitative estimate of drug-likeness (QED) is 0.900. The van der Waals surface area contributed by atoms with Crippen molar-refractivity contribution in [2.24, 2.45) is 0 Å². The number of nitrogens with zero attached hydrogens (tertiary/aromatic N) is 2. The number of H-pyrrole nitrogens is 1. The molecule has 2 atom stereocenters. The van der Waals surface area contributed by atoms with E-state index in [1.54, 1.807) is 0 Å². The highest BCUT2D eigenvalue weighted by atomic mass is 16.5. The van der Waals surface area contributed by atoms with Crippen LogP contribution in [0.3, 0.4) is 0 Å². The molecule has 0 radical (unpaired) electrons. The summed E-state index contributed by atoms with van der Waals surface area (Å²) in [7, 11) is 0. The fraction of sp³-hybridized carbons (Fsp3) is 0.533. The molecule has 22 heavy (non-hydrogen) atoms. The van der Waals surface area contributed by atoms with Gasteiger partial charge in [0.05, 0.1) is 30.1 Å². The highest BCUT2D eigenvalue weighted by Gasteiger charge is 2.29. The summed E-state index contributed by atoms with van der Waals surface area (Å²) in [5.74, 6) is 0.424. The van der Waals surface area contributed by atoms with Crippen LogP contribution in [0.1, 0.15) is 60.1 Å². The summed E-state index contributed by atoms with van der Waals surface area (Å²) in [6.07, 6.45) is 1.49. The Kier molecular flexibility index (Phi) is 3.98. The van der Waals surface area contributed by atoms with E-state index in [2.05, 4.69) is 20.7 Å². The highest BCUT2D eigenvalue weighted by molar-refractivity contribution is 5.94. The summed E-state index contributed by atoms with van der Waals surface area (Å²) < 4.78 is 10.9. The molecule has 118 valence electrons. The number of rotatable bonds is 4. The van der Waals surface area contributed by atoms with Gasteiger partial charge in [-0.05, 0) is 20.3 Å². The Morgan fingerprint density at radius 2 is 2.32 bits per heavy atom. The van der Waals surface area contributed by atoms with Gasteiger partial charge in [0.15, 0.2) is 11.5 Å². The van der Waals surface area contributed by atoms with Crippen LogP contribution >= 0.6 is 0 Å². The molecule has 3 heterocycles. The number of carbonyl (C=O) groups is 1. The number of nitrogens with one attached hydrogen (secondary N) is 2. The molecule has 0 bridgehead atoms. The molecule has 0 saturated heterocycles. The van der Waals surface area contributed by atoms with Crippen molar-refractivity contribution in [2.75, 3.05) is 0 Å². The SMILES string of the molecule is CCc1cc(CNC(=O)c2n[nH]c3c2C[C@H](C)O[C@@H]3C)on1. The Balaban J connectivity index is 1.70. The number of ether oxygens (including phenoxy) is 1. The number of hydrogen-bond donors (Lipinski definition) is 2. The van der Waals surface area contributed by atoms with Gasteiger partial charge in [-0.15, -0.1) is 0 Å². The summed E-state index contributed by atoms with van der Waals surface area (Å²) in [6, 6.07) is 1.85. The van der Waals surface area contributed by atoms with Crippen molar-refractivity contribution in [3.8, 4) is 0 Å². The second-order valence-electron chi connectivity index (χ2n) is 5.58. The zero-order valence-corrected chi connectivity index (χ0v) is 13.0. The molecule has 0 saturated carbocycles. The van der Waals surface area contributed by atoms with Crippen LogP contribution in [0.4, 0.5) is 0 Å². The van der Waals surface area contributed by atoms with Gasteiger partial charge in [0.25, 0.3) is 5.91 Å². The standard InChI is InChI=1S/C15H20N4O3/c1-4-10-6-11(22-19-10)7-16-15(20)14-12-5-8(2)21-9(3)13(12)17-18-14/h6,8-9H,4-5,7H2,1-3H3,(H,16,20)(H,17,18)/t8-,9+/m0/s1. The molecule has 3 rings (SSSR count). The molecule has 0 unspecified atom stereocenters. The first-order valence-electron chi connectivity index (χ1n) is 7.53. The van der Waals surface area contributed by atoms with Gasteiger partial charge < -0.3 is 14.6 Å². The Labute approximate surface area is 128 Å². The number of carbonyl (C=O) groups excluding carboxylic acids is 1. The van der Waals surface area contributed by atoms with E-state index < -0.39 is 0 Å². The van der Waals surface area contributed by atoms with Gasteiger partial charge in [-0.2, -0.15) is 5.10 Å². The van der Waals surface area contributed by atoms with Gasteiger partial charge in [0, 0.05) is 18.1 Å². The number of aromatic amines is 1. The Hall–Kier alpha value is -2.15. The minimum Gasteiger partial charge on any atom is -0.369 e. The third kappa shape index (κ3) is 2.76. The zero-order chi connectivity index (χ0) is 15.7. The van der Waals surface area contributed by atoms with E-state index in [9.17, 15) is 4.79 Å². The van der Waals surface area contributed by atoms with Gasteiger partial charge in [0.1, 0.15) is 0 Å². The summed E-state index contributed by atoms with van der Waals surface area (Å²) >= 11 is 0. The molecular weight excluding hydrogens is 284 g/mol. The van der Waals surface area contributed by atoms with Crippen molar-refractivity contribution in [1.29, 1.82) is 0 Å². The highest BCUT2D eigenvalue weighted by Crippen LogP contribution is 2.30. The first-order valence-corrected chi connectivity index (χ1v) is 7.53. The molecule has 2 aromatic rings. The van der Waals surface area contributed by atoms with Gasteiger partial charge in [-0.25, -0.2) is 0 Å². The molecular formula is C15H20N4O3. The Bertz CT molecular complexity index is 676. The van der Waals surface area contributed by atoms with Crippen molar-refractivity contribution in [2.45, 2.75) is 52.4 Å². The lowest BCUT2D eigenvalue weighted by atomic mass is 9.99. The lowest BCUT2D eigenvalue weighted by Gasteiger charge is -2.25. The minimum atomic E-state index is -0.215. The van der Waals surface area contributed by atoms with Gasteiger partial charge in [-0.1, -0.05) is 12.1 Å². The van der Waals surface area contributed by atoms with Gasteiger partial charge in [0.2, 0.25) is 0 Å². The fourth-order valence-electron chi connectivity index (χ4n) is 2.72. The molecule has 1 amide bonds. The molecule has 0 aromatic carbocycles. The predicted octanol–water partition coefficient (Wildman–Crippen LogP) is 1.91. The third-order valence-corrected chi connectivity index (χ3v) is 3.84. The van der Waals surface area contributed by atoms with Crippen molar-refractivity contribution >= 4 is 5.91 Å². The summed E-state index contributed by atoms with van der Waals surface area (Å²) in [5.41, 5.74) is 3.14. The zero-order valence-electron chi connectivity index (χ0n) is 13.0. The smallest absolute Gasteiger partial charge is 0.272 e. The van der Waals surface area contributed by atoms with E-state index in [1.807, 2.05) is 26.8 Å². The number of aryl methyl sites for hydroxylation is 1. The van der Waals surface area contributed by atoms with Crippen molar-refractivity contribution in [3.05, 3.63) is 34.5 Å². The van der Waals surface area contributed by atoms with E-state index in [-0.39, 0.29) is 18.1 Å². The van der Waals surface area contributed by atoms with Crippen LogP contribution < -0.4 is 5.32 Å². The Morgan fingerprint density at radius 3 is 3.05 bits per heavy atom. The lowest BCUT2D eigenvalue weighted by Crippen LogP contribution is -2.27. The maximum absolute atomic E-state index is 12.3. The lowest BCUT2D eigenvalue weighted by molar-refractivity contribution is -0.00697. The average molecular weight is 304 g/mol. The maximum atomic E-state index is 12.3. The molecule has 2 N–H and O–H groups in total. The van der Waals surface area contributed by atoms with E-state index >= 15 is 0 Å². The molecule has 2 aromatic heterocycles. The van der Waals surface area contributed by atoms with Crippen LogP contribution in [0, 0.1) is 0 Å². The molecule has 7 heteroatoms. The van der Waals surface area contributed by atoms with Crippen LogP contribution in [0.25, 0.3) is 0 Å². The molecule has 0 spiro atoms. The summed E-state index contributed by atoms with van der Waals surface area (Å²) in [5, 5.41) is 13.8. The van der Waals surface area contributed by atoms with Crippen LogP contribution in [0.15, 0.2) is 10.6 Å². The minimum absolute atomic E-state index is 0.0748. The monoisotopic (exact) mass is 304 g/mol. The number of amides is 1. The van der Waals surface area contributed by atoms with Crippen LogP contribution in [0.5, 0.6) is 0 Å². The Morgan fingerprint density at radius 1 is 1.50 bits per heavy atom.